The lowest BCUT2D eigenvalue weighted by Gasteiger charge is -2.40. The second-order valence-corrected chi connectivity index (χ2v) is 19.8. The zero-order chi connectivity index (χ0) is 42.9. The van der Waals surface area contributed by atoms with Crippen LogP contribution in [0.1, 0.15) is 66.2 Å². The minimum Gasteiger partial charge on any atom is -0.491 e. The summed E-state index contributed by atoms with van der Waals surface area (Å²) in [5.41, 5.74) is 6.07. The Morgan fingerprint density at radius 3 is 1.59 bits per heavy atom. The molecular formula is C49H59BrCl2N6O3. The predicted octanol–water partition coefficient (Wildman–Crippen LogP) is 10.9. The van der Waals surface area contributed by atoms with Crippen molar-refractivity contribution in [3.05, 3.63) is 101 Å². The zero-order valence-corrected chi connectivity index (χ0v) is 39.0. The largest absolute Gasteiger partial charge is 0.491 e. The summed E-state index contributed by atoms with van der Waals surface area (Å²) >= 11 is 15.7. The summed E-state index contributed by atoms with van der Waals surface area (Å²) in [5.74, 6) is 0.750. The van der Waals surface area contributed by atoms with Crippen LogP contribution in [0.4, 0.5) is 34.1 Å². The highest BCUT2D eigenvalue weighted by Crippen LogP contribution is 2.43. The smallest absolute Gasteiger partial charge is 0.236 e. The second-order valence-electron chi connectivity index (χ2n) is 18.4. The van der Waals surface area contributed by atoms with Crippen molar-refractivity contribution in [3.8, 4) is 5.75 Å². The van der Waals surface area contributed by atoms with Gasteiger partial charge in [0.15, 0.2) is 0 Å². The van der Waals surface area contributed by atoms with Crippen LogP contribution in [0.3, 0.4) is 0 Å². The van der Waals surface area contributed by atoms with E-state index in [2.05, 4.69) is 84.5 Å². The predicted molar refractivity (Wildman–Crippen MR) is 257 cm³/mol. The van der Waals surface area contributed by atoms with Gasteiger partial charge in [0.1, 0.15) is 12.4 Å². The molecule has 2 amide bonds. The molecule has 9 nitrogen and oxygen atoms in total. The fourth-order valence-corrected chi connectivity index (χ4v) is 9.06. The van der Waals surface area contributed by atoms with Gasteiger partial charge in [-0.1, -0.05) is 89.4 Å². The third kappa shape index (κ3) is 9.92. The minimum absolute atomic E-state index is 0.0496. The van der Waals surface area contributed by atoms with E-state index in [0.29, 0.717) is 39.8 Å². The van der Waals surface area contributed by atoms with Gasteiger partial charge in [0.05, 0.1) is 50.0 Å². The van der Waals surface area contributed by atoms with Crippen molar-refractivity contribution in [3.63, 3.8) is 0 Å². The lowest BCUT2D eigenvalue weighted by atomic mass is 9.91. The number of para-hydroxylation sites is 6. The number of alkyl halides is 1. The van der Waals surface area contributed by atoms with Crippen LogP contribution in [0.15, 0.2) is 91.0 Å². The zero-order valence-electron chi connectivity index (χ0n) is 35.9. The van der Waals surface area contributed by atoms with Crippen LogP contribution in [0, 0.1) is 10.8 Å². The van der Waals surface area contributed by atoms with E-state index in [-0.39, 0.29) is 23.8 Å². The number of nitrogens with zero attached hydrogens (tertiary/aromatic N) is 5. The number of nitrogens with one attached hydrogen (secondary N) is 1. The standard InChI is InChI=1S/C22H24Cl2N2O2.C16H21BrN2O.C11H14N2/c1-22(2,14-28-20-13-15(23)7-10-17(20)24)21(27)26-12-11-25(16-8-9-16)18-5-3-4-6-19(18)26;1-16(2,11-17)15(20)19-10-9-18(12-7-8-12)13-5-3-4-6-14(13)19;1-2-4-11-10(3-1)12-7-8-13(11)9-5-6-9/h3-7,10,13,16H,8-9,11-12,14H2,1-2H3;3-6,12H,7-11H2,1-2H3;1-4,9,12H,5-8H2. The minimum atomic E-state index is -0.708. The second kappa shape index (κ2) is 18.3. The SMILES string of the molecule is CC(C)(CBr)C(=O)N1CCN(C2CC2)c2ccccc21.CC(C)(COc1cc(Cl)ccc1Cl)C(=O)N1CCN(C2CC2)c2ccccc21.c1ccc2c(c1)NCCN2C1CC1. The molecule has 4 aromatic carbocycles. The molecular weight excluding hydrogens is 871 g/mol. The molecule has 61 heavy (non-hydrogen) atoms. The summed E-state index contributed by atoms with van der Waals surface area (Å²) < 4.78 is 5.88. The third-order valence-electron chi connectivity index (χ3n) is 12.4. The third-order valence-corrected chi connectivity index (χ3v) is 14.4. The lowest BCUT2D eigenvalue weighted by molar-refractivity contribution is -0.128. The van der Waals surface area contributed by atoms with Gasteiger partial charge in [-0.2, -0.15) is 0 Å². The first-order valence-electron chi connectivity index (χ1n) is 21.9. The van der Waals surface area contributed by atoms with Gasteiger partial charge in [0, 0.05) is 73.8 Å². The van der Waals surface area contributed by atoms with Crippen molar-refractivity contribution >= 4 is 85.1 Å². The molecule has 4 aromatic rings. The Bertz CT molecular complexity index is 2210. The highest BCUT2D eigenvalue weighted by Gasteiger charge is 2.41. The Balaban J connectivity index is 0.000000135. The maximum atomic E-state index is 13.4. The van der Waals surface area contributed by atoms with E-state index in [1.807, 2.05) is 61.8 Å². The van der Waals surface area contributed by atoms with Crippen LogP contribution >= 0.6 is 39.1 Å². The molecule has 10 rings (SSSR count). The van der Waals surface area contributed by atoms with E-state index in [1.165, 1.54) is 62.1 Å². The lowest BCUT2D eigenvalue weighted by Crippen LogP contribution is -2.50. The summed E-state index contributed by atoms with van der Waals surface area (Å²) in [6, 6.07) is 32.3. The quantitative estimate of drug-likeness (QED) is 0.168. The first kappa shape index (κ1) is 43.5. The van der Waals surface area contributed by atoms with Gasteiger partial charge < -0.3 is 34.6 Å². The number of rotatable bonds is 9. The number of halogens is 3. The van der Waals surface area contributed by atoms with E-state index >= 15 is 0 Å². The molecule has 324 valence electrons. The number of ether oxygens (including phenoxy) is 1. The van der Waals surface area contributed by atoms with Crippen molar-refractivity contribution in [1.29, 1.82) is 0 Å². The summed E-state index contributed by atoms with van der Waals surface area (Å²) in [4.78, 5) is 37.5. The fraction of sp³-hybridized carbons (Fsp3) is 0.469. The van der Waals surface area contributed by atoms with Gasteiger partial charge in [-0.3, -0.25) is 9.59 Å². The number of carbonyl (C=O) groups excluding carboxylic acids is 2. The number of anilines is 6. The van der Waals surface area contributed by atoms with Gasteiger partial charge >= 0.3 is 0 Å². The Morgan fingerprint density at radius 2 is 1.08 bits per heavy atom. The van der Waals surface area contributed by atoms with E-state index < -0.39 is 5.41 Å². The van der Waals surface area contributed by atoms with Crippen molar-refractivity contribution < 1.29 is 14.3 Å². The first-order valence-corrected chi connectivity index (χ1v) is 23.8. The Labute approximate surface area is 380 Å². The highest BCUT2D eigenvalue weighted by atomic mass is 79.9. The molecule has 12 heteroatoms. The molecule has 0 radical (unpaired) electrons. The average Bonchev–Trinajstić information content (AvgIpc) is 4.11. The van der Waals surface area contributed by atoms with Crippen LogP contribution < -0.4 is 34.6 Å². The molecule has 3 fully saturated rings. The highest BCUT2D eigenvalue weighted by molar-refractivity contribution is 9.09. The van der Waals surface area contributed by atoms with Crippen LogP contribution in [-0.2, 0) is 9.59 Å². The van der Waals surface area contributed by atoms with Gasteiger partial charge in [-0.05, 0) is 101 Å². The molecule has 0 spiro atoms. The van der Waals surface area contributed by atoms with Crippen molar-refractivity contribution in [2.75, 3.05) is 81.0 Å². The van der Waals surface area contributed by atoms with Crippen LogP contribution in [0.25, 0.3) is 0 Å². The summed E-state index contributed by atoms with van der Waals surface area (Å²) in [5, 5.41) is 5.15. The monoisotopic (exact) mass is 928 g/mol. The van der Waals surface area contributed by atoms with E-state index in [0.717, 1.165) is 49.3 Å². The average molecular weight is 931 g/mol. The molecule has 0 aromatic heterocycles. The summed E-state index contributed by atoms with van der Waals surface area (Å²) in [6.45, 7) is 13.6. The van der Waals surface area contributed by atoms with Gasteiger partial charge in [-0.15, -0.1) is 0 Å². The molecule has 3 heterocycles. The first-order chi connectivity index (χ1) is 29.4. The van der Waals surface area contributed by atoms with E-state index in [4.69, 9.17) is 27.9 Å². The summed E-state index contributed by atoms with van der Waals surface area (Å²) in [7, 11) is 0. The Kier molecular flexibility index (Phi) is 13.1. The van der Waals surface area contributed by atoms with Crippen LogP contribution in [0.2, 0.25) is 10.0 Å². The van der Waals surface area contributed by atoms with Gasteiger partial charge in [-0.25, -0.2) is 0 Å². The number of fused-ring (bicyclic) bond motifs is 3. The van der Waals surface area contributed by atoms with Crippen LogP contribution in [-0.4, -0.2) is 81.1 Å². The molecule has 3 aliphatic heterocycles. The maximum Gasteiger partial charge on any atom is 0.236 e. The number of hydrogen-bond acceptors (Lipinski definition) is 7. The van der Waals surface area contributed by atoms with Gasteiger partial charge in [0.25, 0.3) is 0 Å². The van der Waals surface area contributed by atoms with E-state index in [9.17, 15) is 9.59 Å². The Hall–Kier alpha value is -4.12. The topological polar surface area (TPSA) is 71.6 Å². The van der Waals surface area contributed by atoms with Crippen LogP contribution in [0.5, 0.6) is 5.75 Å². The Morgan fingerprint density at radius 1 is 0.623 bits per heavy atom. The number of benzene rings is 4. The molecule has 0 bridgehead atoms. The molecule has 0 atom stereocenters. The fourth-order valence-electron chi connectivity index (χ4n) is 8.49. The number of carbonyl (C=O) groups is 2. The number of amides is 2. The van der Waals surface area contributed by atoms with Crippen molar-refractivity contribution in [2.45, 2.75) is 84.3 Å². The molecule has 1 N–H and O–H groups in total. The maximum absolute atomic E-state index is 13.4. The molecule has 6 aliphatic rings. The normalized spacial score (nSPS) is 18.3. The molecule has 0 unspecified atom stereocenters. The number of hydrogen-bond donors (Lipinski definition) is 1. The van der Waals surface area contributed by atoms with E-state index in [1.54, 1.807) is 18.2 Å². The van der Waals surface area contributed by atoms with Crippen molar-refractivity contribution in [1.82, 2.24) is 0 Å². The molecule has 3 aliphatic carbocycles. The van der Waals surface area contributed by atoms with Gasteiger partial charge in [0.2, 0.25) is 11.8 Å². The van der Waals surface area contributed by atoms with Crippen molar-refractivity contribution in [2.24, 2.45) is 10.8 Å². The molecule has 0 saturated heterocycles. The summed E-state index contributed by atoms with van der Waals surface area (Å²) in [6.07, 6.45) is 7.82. The molecule has 3 saturated carbocycles.